The molecule has 1 aromatic heterocycles. The fraction of sp³-hybridized carbons (Fsp3) is 0.154. The van der Waals surface area contributed by atoms with Crippen LogP contribution in [0, 0.1) is 9.85 Å². The van der Waals surface area contributed by atoms with Crippen LogP contribution < -0.4 is 0 Å². The van der Waals surface area contributed by atoms with E-state index in [2.05, 4.69) is 25.0 Å². The van der Waals surface area contributed by atoms with E-state index in [0.717, 1.165) is 0 Å². The van der Waals surface area contributed by atoms with Gasteiger partial charge in [-0.15, -0.1) is 0 Å². The zero-order chi connectivity index (χ0) is 14.4. The minimum atomic E-state index is -0.700. The van der Waals surface area contributed by atoms with Crippen molar-refractivity contribution in [2.24, 2.45) is 0 Å². The number of H-pyrrole nitrogens is 1. The predicted molar refractivity (Wildman–Crippen MR) is 82.4 cm³/mol. The summed E-state index contributed by atoms with van der Waals surface area (Å²) >= 11 is 7.73. The highest BCUT2D eigenvalue weighted by Gasteiger charge is 2.27. The topological polar surface area (TPSA) is 67.9 Å². The molecule has 0 fully saturated rings. The molecule has 0 amide bonds. The maximum absolute atomic E-state index is 12.2. The molecule has 0 bridgehead atoms. The van der Waals surface area contributed by atoms with Gasteiger partial charge in [0.05, 0.1) is 0 Å². The highest BCUT2D eigenvalue weighted by Crippen LogP contribution is 2.24. The summed E-state index contributed by atoms with van der Waals surface area (Å²) in [6, 6.07) is 6.90. The molecule has 20 heavy (non-hydrogen) atoms. The first-order chi connectivity index (χ1) is 9.72. The van der Waals surface area contributed by atoms with Crippen LogP contribution in [0.15, 0.2) is 30.6 Å². The number of carbonyl (C=O) groups is 1. The number of hydrogen-bond donors (Lipinski definition) is 1. The molecule has 0 radical (unpaired) electrons. The number of aromatic nitrogens is 3. The third-order valence-corrected chi connectivity index (χ3v) is 3.12. The molecule has 0 saturated heterocycles. The summed E-state index contributed by atoms with van der Waals surface area (Å²) in [5, 5.41) is 7.14. The molecule has 0 aliphatic heterocycles. The fourth-order valence-electron chi connectivity index (χ4n) is 1.62. The van der Waals surface area contributed by atoms with Gasteiger partial charge < -0.3 is 4.74 Å². The van der Waals surface area contributed by atoms with Crippen LogP contribution in [0.4, 0.5) is 0 Å². The molecule has 1 aromatic carbocycles. The molecule has 2 rings (SSSR count). The Kier molecular flexibility index (Phi) is 5.38. The van der Waals surface area contributed by atoms with Gasteiger partial charge in [-0.05, 0) is 21.6 Å². The van der Waals surface area contributed by atoms with Crippen LogP contribution in [-0.2, 0) is 9.53 Å². The Morgan fingerprint density at radius 2 is 2.20 bits per heavy atom. The molecule has 2 aromatic rings. The van der Waals surface area contributed by atoms with Gasteiger partial charge in [0.1, 0.15) is 12.2 Å². The number of carbonyl (C=O) groups excluding carboxylic acids is 1. The van der Waals surface area contributed by atoms with E-state index in [1.165, 1.54) is 6.33 Å². The molecule has 0 spiro atoms. The van der Waals surface area contributed by atoms with E-state index in [4.69, 9.17) is 16.3 Å². The standard InChI is InChI=1S/C13H9ClIN3O2/c14-10-4-2-9(3-5-10)11(12-16-8-17-18-12)13(19)20-7-1-6-15/h2-5,8,11H,7H2,(H,16,17,18). The maximum atomic E-state index is 12.2. The Labute approximate surface area is 134 Å². The van der Waals surface area contributed by atoms with Gasteiger partial charge in [0.15, 0.2) is 12.4 Å². The number of halogens is 2. The van der Waals surface area contributed by atoms with Crippen molar-refractivity contribution in [1.29, 1.82) is 0 Å². The maximum Gasteiger partial charge on any atom is 0.322 e. The van der Waals surface area contributed by atoms with E-state index in [1.807, 2.05) is 22.6 Å². The van der Waals surface area contributed by atoms with Crippen LogP contribution in [0.25, 0.3) is 0 Å². The Morgan fingerprint density at radius 1 is 1.45 bits per heavy atom. The van der Waals surface area contributed by atoms with Crippen molar-refractivity contribution < 1.29 is 9.53 Å². The monoisotopic (exact) mass is 401 g/mol. The number of ether oxygens (including phenoxy) is 1. The molecule has 0 aliphatic rings. The quantitative estimate of drug-likeness (QED) is 0.486. The van der Waals surface area contributed by atoms with E-state index in [1.54, 1.807) is 24.3 Å². The summed E-state index contributed by atoms with van der Waals surface area (Å²) in [5.74, 6) is 1.86. The highest BCUT2D eigenvalue weighted by atomic mass is 127. The van der Waals surface area contributed by atoms with E-state index >= 15 is 0 Å². The van der Waals surface area contributed by atoms with Crippen molar-refractivity contribution in [2.75, 3.05) is 6.61 Å². The summed E-state index contributed by atoms with van der Waals surface area (Å²) in [7, 11) is 0. The van der Waals surface area contributed by atoms with Crippen LogP contribution in [-0.4, -0.2) is 27.8 Å². The molecular formula is C13H9ClIN3O2. The van der Waals surface area contributed by atoms with Gasteiger partial charge in [0.25, 0.3) is 0 Å². The van der Waals surface area contributed by atoms with Gasteiger partial charge in [-0.3, -0.25) is 9.89 Å². The van der Waals surface area contributed by atoms with Gasteiger partial charge in [-0.1, -0.05) is 29.7 Å². The van der Waals surface area contributed by atoms with E-state index in [-0.39, 0.29) is 6.61 Å². The van der Waals surface area contributed by atoms with Crippen molar-refractivity contribution in [3.63, 3.8) is 0 Å². The van der Waals surface area contributed by atoms with Crippen molar-refractivity contribution in [3.05, 3.63) is 47.0 Å². The molecule has 7 heteroatoms. The van der Waals surface area contributed by atoms with E-state index in [9.17, 15) is 4.79 Å². The Morgan fingerprint density at radius 3 is 2.80 bits per heavy atom. The summed E-state index contributed by atoms with van der Waals surface area (Å²) in [6.45, 7) is 0.0380. The third kappa shape index (κ3) is 3.71. The Balaban J connectivity index is 2.27. The molecule has 102 valence electrons. The lowest BCUT2D eigenvalue weighted by molar-refractivity contribution is -0.143. The van der Waals surface area contributed by atoms with Crippen LogP contribution in [0.3, 0.4) is 0 Å². The first kappa shape index (κ1) is 14.8. The lowest BCUT2D eigenvalue weighted by atomic mass is 9.98. The number of hydrogen-bond acceptors (Lipinski definition) is 4. The third-order valence-electron chi connectivity index (χ3n) is 2.48. The summed E-state index contributed by atoms with van der Waals surface area (Å²) in [6.07, 6.45) is 1.41. The first-order valence-electron chi connectivity index (χ1n) is 5.58. The van der Waals surface area contributed by atoms with E-state index < -0.39 is 11.9 Å². The molecular weight excluding hydrogens is 393 g/mol. The van der Waals surface area contributed by atoms with Crippen molar-refractivity contribution in [3.8, 4) is 9.85 Å². The first-order valence-corrected chi connectivity index (χ1v) is 7.04. The number of nitrogens with one attached hydrogen (secondary N) is 1. The molecule has 5 nitrogen and oxygen atoms in total. The predicted octanol–water partition coefficient (Wildman–Crippen LogP) is 2.53. The average Bonchev–Trinajstić information content (AvgIpc) is 2.95. The number of esters is 1. The zero-order valence-corrected chi connectivity index (χ0v) is 13.1. The normalized spacial score (nSPS) is 11.3. The number of benzene rings is 1. The highest BCUT2D eigenvalue weighted by molar-refractivity contribution is 14.1. The van der Waals surface area contributed by atoms with Crippen molar-refractivity contribution in [2.45, 2.75) is 5.92 Å². The van der Waals surface area contributed by atoms with Gasteiger partial charge in [0, 0.05) is 27.6 Å². The van der Waals surface area contributed by atoms with Gasteiger partial charge in [0.2, 0.25) is 0 Å². The van der Waals surface area contributed by atoms with Crippen LogP contribution in [0.2, 0.25) is 5.02 Å². The molecule has 1 N–H and O–H groups in total. The molecule has 0 aliphatic carbocycles. The lowest BCUT2D eigenvalue weighted by Crippen LogP contribution is -2.19. The lowest BCUT2D eigenvalue weighted by Gasteiger charge is -2.12. The minimum Gasteiger partial charge on any atom is -0.452 e. The molecule has 1 heterocycles. The fourth-order valence-corrected chi connectivity index (χ4v) is 1.90. The van der Waals surface area contributed by atoms with Gasteiger partial charge >= 0.3 is 5.97 Å². The Hall–Kier alpha value is -1.59. The van der Waals surface area contributed by atoms with Crippen LogP contribution in [0.1, 0.15) is 17.3 Å². The zero-order valence-electron chi connectivity index (χ0n) is 10.1. The number of nitrogens with zero attached hydrogens (tertiary/aromatic N) is 2. The van der Waals surface area contributed by atoms with Gasteiger partial charge in [-0.25, -0.2) is 4.98 Å². The molecule has 1 atom stereocenters. The largest absolute Gasteiger partial charge is 0.452 e. The Bertz CT molecular complexity index is 632. The van der Waals surface area contributed by atoms with E-state index in [0.29, 0.717) is 16.4 Å². The van der Waals surface area contributed by atoms with Crippen LogP contribution in [0.5, 0.6) is 0 Å². The smallest absolute Gasteiger partial charge is 0.322 e. The molecule has 0 saturated carbocycles. The SMILES string of the molecule is O=C(OCC#CI)C(c1ccc(Cl)cc1)c1nc[nH]n1. The summed E-state index contributed by atoms with van der Waals surface area (Å²) < 4.78 is 7.74. The number of aromatic amines is 1. The molecule has 1 unspecified atom stereocenters. The average molecular weight is 402 g/mol. The van der Waals surface area contributed by atoms with Crippen LogP contribution >= 0.6 is 34.2 Å². The summed E-state index contributed by atoms with van der Waals surface area (Å²) in [4.78, 5) is 16.2. The van der Waals surface area contributed by atoms with Crippen molar-refractivity contribution in [1.82, 2.24) is 15.2 Å². The number of rotatable bonds is 4. The summed E-state index contributed by atoms with van der Waals surface area (Å²) in [5.41, 5.74) is 0.710. The minimum absolute atomic E-state index is 0.0380. The second-order valence-corrected chi connectivity index (χ2v) is 4.70. The van der Waals surface area contributed by atoms with Gasteiger partial charge in [-0.2, -0.15) is 5.10 Å². The van der Waals surface area contributed by atoms with Crippen molar-refractivity contribution >= 4 is 40.2 Å². The second kappa shape index (κ2) is 7.26. The second-order valence-electron chi connectivity index (χ2n) is 3.72.